The fourth-order valence-corrected chi connectivity index (χ4v) is 1.70. The number of ketones is 1. The minimum Gasteiger partial charge on any atom is -0.455 e. The van der Waals surface area contributed by atoms with Gasteiger partial charge in [0.2, 0.25) is 0 Å². The van der Waals surface area contributed by atoms with Crippen molar-refractivity contribution in [2.45, 2.75) is 32.8 Å². The number of benzene rings is 1. The second-order valence-electron chi connectivity index (χ2n) is 5.03. The number of Topliss-reactive ketones (excluding diaryl/α,β-unsaturated/α-hetero) is 1. The van der Waals surface area contributed by atoms with Crippen LogP contribution in [0.3, 0.4) is 0 Å². The summed E-state index contributed by atoms with van der Waals surface area (Å²) in [5.74, 6) is -1.29. The highest BCUT2D eigenvalue weighted by atomic mass is 16.5. The monoisotopic (exact) mass is 218 g/mol. The number of hydrogen-bond donors (Lipinski definition) is 0. The Labute approximate surface area is 94.4 Å². The second kappa shape index (κ2) is 3.44. The van der Waals surface area contributed by atoms with E-state index >= 15 is 0 Å². The van der Waals surface area contributed by atoms with Crippen LogP contribution in [0.5, 0.6) is 0 Å². The van der Waals surface area contributed by atoms with Crippen molar-refractivity contribution in [1.82, 2.24) is 0 Å². The molecule has 1 aliphatic heterocycles. The molecule has 0 atom stereocenters. The highest BCUT2D eigenvalue weighted by molar-refractivity contribution is 6.41. The van der Waals surface area contributed by atoms with Crippen LogP contribution in [0.25, 0.3) is 0 Å². The van der Waals surface area contributed by atoms with Gasteiger partial charge in [0, 0.05) is 11.1 Å². The van der Waals surface area contributed by atoms with Gasteiger partial charge in [0.15, 0.2) is 0 Å². The Morgan fingerprint density at radius 2 is 1.88 bits per heavy atom. The molecule has 0 saturated heterocycles. The molecule has 3 heteroatoms. The van der Waals surface area contributed by atoms with Gasteiger partial charge < -0.3 is 4.74 Å². The van der Waals surface area contributed by atoms with Gasteiger partial charge in [-0.25, -0.2) is 4.79 Å². The maximum Gasteiger partial charge on any atom is 0.380 e. The number of esters is 1. The fourth-order valence-electron chi connectivity index (χ4n) is 1.70. The summed E-state index contributed by atoms with van der Waals surface area (Å²) in [4.78, 5) is 22.8. The van der Waals surface area contributed by atoms with E-state index in [1.807, 2.05) is 12.1 Å². The van der Waals surface area contributed by atoms with Crippen molar-refractivity contribution in [3.8, 4) is 0 Å². The van der Waals surface area contributed by atoms with Crippen LogP contribution < -0.4 is 0 Å². The predicted octanol–water partition coefficient (Wildman–Crippen LogP) is 2.22. The molecule has 0 bridgehead atoms. The molecule has 0 amide bonds. The molecule has 0 N–H and O–H groups in total. The molecule has 84 valence electrons. The second-order valence-corrected chi connectivity index (χ2v) is 5.03. The van der Waals surface area contributed by atoms with Crippen molar-refractivity contribution >= 4 is 11.8 Å². The Morgan fingerprint density at radius 1 is 1.19 bits per heavy atom. The molecule has 0 spiro atoms. The van der Waals surface area contributed by atoms with Crippen molar-refractivity contribution < 1.29 is 14.3 Å². The molecular formula is C13H14O3. The normalized spacial score (nSPS) is 15.7. The highest BCUT2D eigenvalue weighted by Crippen LogP contribution is 2.26. The molecule has 3 nitrogen and oxygen atoms in total. The maximum absolute atomic E-state index is 11.6. The lowest BCUT2D eigenvalue weighted by Gasteiger charge is -2.22. The Kier molecular flexibility index (Phi) is 2.34. The smallest absolute Gasteiger partial charge is 0.380 e. The van der Waals surface area contributed by atoms with Crippen LogP contribution in [0, 0.1) is 0 Å². The van der Waals surface area contributed by atoms with E-state index in [0.29, 0.717) is 5.56 Å². The van der Waals surface area contributed by atoms with E-state index in [-0.39, 0.29) is 12.0 Å². The van der Waals surface area contributed by atoms with Crippen molar-refractivity contribution in [2.24, 2.45) is 0 Å². The van der Waals surface area contributed by atoms with Crippen LogP contribution in [0.15, 0.2) is 18.2 Å². The number of carbonyl (C=O) groups excluding carboxylic acids is 2. The Bertz CT molecular complexity index is 467. The molecule has 0 radical (unpaired) electrons. The largest absolute Gasteiger partial charge is 0.455 e. The zero-order valence-electron chi connectivity index (χ0n) is 9.66. The zero-order chi connectivity index (χ0) is 11.9. The van der Waals surface area contributed by atoms with E-state index in [4.69, 9.17) is 4.74 Å². The first-order valence-corrected chi connectivity index (χ1v) is 5.24. The Balaban J connectivity index is 2.53. The molecule has 0 saturated carbocycles. The molecule has 16 heavy (non-hydrogen) atoms. The van der Waals surface area contributed by atoms with E-state index < -0.39 is 11.8 Å². The summed E-state index contributed by atoms with van der Waals surface area (Å²) in [7, 11) is 0. The summed E-state index contributed by atoms with van der Waals surface area (Å²) in [6, 6.07) is 5.64. The molecule has 0 unspecified atom stereocenters. The van der Waals surface area contributed by atoms with Gasteiger partial charge in [-0.15, -0.1) is 0 Å². The third-order valence-corrected chi connectivity index (χ3v) is 2.76. The third kappa shape index (κ3) is 1.73. The number of fused-ring (bicyclic) bond motifs is 1. The highest BCUT2D eigenvalue weighted by Gasteiger charge is 2.28. The average molecular weight is 218 g/mol. The average Bonchev–Trinajstić information content (AvgIpc) is 2.22. The minimum atomic E-state index is -0.751. The Morgan fingerprint density at radius 3 is 2.50 bits per heavy atom. The Hall–Kier alpha value is -1.64. The topological polar surface area (TPSA) is 43.4 Å². The number of ether oxygens (including phenoxy) is 1. The third-order valence-electron chi connectivity index (χ3n) is 2.76. The van der Waals surface area contributed by atoms with Crippen LogP contribution in [-0.2, 0) is 21.6 Å². The molecule has 1 aromatic carbocycles. The standard InChI is InChI=1S/C13H14O3/c1-13(2,3)9-5-4-8-7-16-12(15)11(14)10(8)6-9/h4-6H,7H2,1-3H3. The molecule has 0 fully saturated rings. The summed E-state index contributed by atoms with van der Waals surface area (Å²) < 4.78 is 4.75. The quantitative estimate of drug-likeness (QED) is 0.495. The van der Waals surface area contributed by atoms with E-state index in [0.717, 1.165) is 11.1 Å². The summed E-state index contributed by atoms with van der Waals surface area (Å²) in [5.41, 5.74) is 2.30. The van der Waals surface area contributed by atoms with Gasteiger partial charge >= 0.3 is 5.97 Å². The van der Waals surface area contributed by atoms with E-state index in [9.17, 15) is 9.59 Å². The number of rotatable bonds is 0. The van der Waals surface area contributed by atoms with Crippen LogP contribution in [0.1, 0.15) is 42.3 Å². The molecule has 1 aromatic rings. The van der Waals surface area contributed by atoms with Crippen molar-refractivity contribution in [3.05, 3.63) is 34.9 Å². The fraction of sp³-hybridized carbons (Fsp3) is 0.385. The first-order valence-electron chi connectivity index (χ1n) is 5.24. The van der Waals surface area contributed by atoms with Gasteiger partial charge in [-0.1, -0.05) is 32.9 Å². The van der Waals surface area contributed by atoms with Crippen molar-refractivity contribution in [1.29, 1.82) is 0 Å². The van der Waals surface area contributed by atoms with Crippen LogP contribution in [0.2, 0.25) is 0 Å². The number of hydrogen-bond acceptors (Lipinski definition) is 3. The van der Waals surface area contributed by atoms with Crippen molar-refractivity contribution in [2.75, 3.05) is 0 Å². The first kappa shape index (κ1) is 10.9. The summed E-state index contributed by atoms with van der Waals surface area (Å²) in [6.07, 6.45) is 0. The zero-order valence-corrected chi connectivity index (χ0v) is 9.66. The summed E-state index contributed by atoms with van der Waals surface area (Å²) in [6.45, 7) is 6.41. The summed E-state index contributed by atoms with van der Waals surface area (Å²) >= 11 is 0. The minimum absolute atomic E-state index is 0.0311. The summed E-state index contributed by atoms with van der Waals surface area (Å²) in [5, 5.41) is 0. The lowest BCUT2D eigenvalue weighted by molar-refractivity contribution is -0.140. The number of carbonyl (C=O) groups is 2. The van der Waals surface area contributed by atoms with E-state index in [1.165, 1.54) is 0 Å². The molecule has 0 aromatic heterocycles. The maximum atomic E-state index is 11.6. The molecule has 1 heterocycles. The van der Waals surface area contributed by atoms with Gasteiger partial charge in [-0.3, -0.25) is 4.79 Å². The van der Waals surface area contributed by atoms with Crippen molar-refractivity contribution in [3.63, 3.8) is 0 Å². The molecule has 0 aliphatic carbocycles. The lowest BCUT2D eigenvalue weighted by atomic mass is 9.84. The molecule has 1 aliphatic rings. The molecular weight excluding hydrogens is 204 g/mol. The van der Waals surface area contributed by atoms with Gasteiger partial charge in [-0.05, 0) is 17.0 Å². The van der Waals surface area contributed by atoms with Gasteiger partial charge in [0.1, 0.15) is 6.61 Å². The van der Waals surface area contributed by atoms with E-state index in [1.54, 1.807) is 6.07 Å². The molecule has 2 rings (SSSR count). The van der Waals surface area contributed by atoms with Crippen LogP contribution in [-0.4, -0.2) is 11.8 Å². The van der Waals surface area contributed by atoms with Crippen LogP contribution >= 0.6 is 0 Å². The van der Waals surface area contributed by atoms with Crippen LogP contribution in [0.4, 0.5) is 0 Å². The lowest BCUT2D eigenvalue weighted by Crippen LogP contribution is -2.25. The number of cyclic esters (lactones) is 1. The van der Waals surface area contributed by atoms with E-state index in [2.05, 4.69) is 20.8 Å². The SMILES string of the molecule is CC(C)(C)c1ccc2c(c1)C(=O)C(=O)OC2. The van der Waals surface area contributed by atoms with Gasteiger partial charge in [0.05, 0.1) is 0 Å². The van der Waals surface area contributed by atoms with Gasteiger partial charge in [-0.2, -0.15) is 0 Å². The van der Waals surface area contributed by atoms with Gasteiger partial charge in [0.25, 0.3) is 5.78 Å². The predicted molar refractivity (Wildman–Crippen MR) is 59.3 cm³/mol. The first-order chi connectivity index (χ1) is 7.39.